The molecule has 2 saturated carbocycles. The van der Waals surface area contributed by atoms with Crippen LogP contribution in [0.2, 0.25) is 0 Å². The number of carbonyl (C=O) groups excluding carboxylic acids is 2. The third-order valence-electron chi connectivity index (χ3n) is 10.2. The van der Waals surface area contributed by atoms with E-state index < -0.39 is 29.1 Å². The minimum absolute atomic E-state index is 0.0993. The first-order chi connectivity index (χ1) is 21.6. The molecule has 0 aromatic heterocycles. The van der Waals surface area contributed by atoms with E-state index in [2.05, 4.69) is 17.6 Å². The number of fused-ring (bicyclic) bond motifs is 2. The van der Waals surface area contributed by atoms with Gasteiger partial charge in [0.2, 0.25) is 18.4 Å². The fourth-order valence-corrected chi connectivity index (χ4v) is 7.73. The van der Waals surface area contributed by atoms with Crippen LogP contribution in [0.15, 0.2) is 30.3 Å². The molecule has 3 aliphatic rings. The van der Waals surface area contributed by atoms with Gasteiger partial charge in [0, 0.05) is 30.5 Å². The van der Waals surface area contributed by atoms with Crippen LogP contribution in [-0.2, 0) is 16.1 Å². The first kappa shape index (κ1) is 32.5. The molecule has 12 nitrogen and oxygen atoms in total. The standard InChI is InChI=1S/C33H44N2O10/c1-32-11-10-28(45-31(39)35-20-13-25(40-3)30(42-5)26(14-20)41-4)33(2,17-36)27(32)9-7-22(37)21(32)15-29(38)34-16-19-6-8-23-24(12-19)44-18-43-23/h6,8,12-14,21-22,27-28,36-37H,7,9-11,15-18H2,1-5H3,(H,34,38)(H,35,39). The molecule has 12 heteroatoms. The van der Waals surface area contributed by atoms with Crippen LogP contribution in [0, 0.1) is 22.7 Å². The second kappa shape index (κ2) is 13.2. The molecule has 0 radical (unpaired) electrons. The van der Waals surface area contributed by atoms with Gasteiger partial charge in [0.05, 0.1) is 39.7 Å². The van der Waals surface area contributed by atoms with Gasteiger partial charge in [-0.1, -0.05) is 19.9 Å². The number of anilines is 1. The molecular weight excluding hydrogens is 584 g/mol. The van der Waals surface area contributed by atoms with Crippen molar-refractivity contribution >= 4 is 17.7 Å². The van der Waals surface area contributed by atoms with Gasteiger partial charge in [0.15, 0.2) is 23.0 Å². The van der Waals surface area contributed by atoms with Gasteiger partial charge in [-0.05, 0) is 60.6 Å². The van der Waals surface area contributed by atoms with Gasteiger partial charge in [-0.25, -0.2) is 4.79 Å². The van der Waals surface area contributed by atoms with E-state index in [-0.39, 0.29) is 37.6 Å². The van der Waals surface area contributed by atoms with Crippen molar-refractivity contribution in [3.05, 3.63) is 35.9 Å². The highest BCUT2D eigenvalue weighted by atomic mass is 16.7. The summed E-state index contributed by atoms with van der Waals surface area (Å²) in [5, 5.41) is 27.7. The van der Waals surface area contributed by atoms with E-state index in [0.717, 1.165) is 5.56 Å². The fraction of sp³-hybridized carbons (Fsp3) is 0.576. The fourth-order valence-electron chi connectivity index (χ4n) is 7.73. The molecule has 45 heavy (non-hydrogen) atoms. The van der Waals surface area contributed by atoms with Crippen molar-refractivity contribution in [2.24, 2.45) is 22.7 Å². The number of aliphatic hydroxyl groups excluding tert-OH is 2. The molecule has 2 aromatic carbocycles. The molecule has 0 bridgehead atoms. The van der Waals surface area contributed by atoms with E-state index in [1.807, 2.05) is 25.1 Å². The van der Waals surface area contributed by atoms with Crippen molar-refractivity contribution in [1.29, 1.82) is 0 Å². The summed E-state index contributed by atoms with van der Waals surface area (Å²) in [6, 6.07) is 8.77. The van der Waals surface area contributed by atoms with E-state index in [4.69, 9.17) is 28.4 Å². The average Bonchev–Trinajstić information content (AvgIpc) is 3.51. The zero-order valence-corrected chi connectivity index (χ0v) is 26.5. The first-order valence-electron chi connectivity index (χ1n) is 15.3. The molecule has 2 aliphatic carbocycles. The number of ether oxygens (including phenoxy) is 6. The summed E-state index contributed by atoms with van der Waals surface area (Å²) in [6.45, 7) is 4.32. The predicted molar refractivity (Wildman–Crippen MR) is 164 cm³/mol. The highest BCUT2D eigenvalue weighted by molar-refractivity contribution is 5.86. The number of amides is 2. The molecule has 6 unspecified atom stereocenters. The summed E-state index contributed by atoms with van der Waals surface area (Å²) in [6.07, 6.45) is 0.436. The van der Waals surface area contributed by atoms with Crippen molar-refractivity contribution < 1.29 is 48.2 Å². The minimum atomic E-state index is -0.791. The lowest BCUT2D eigenvalue weighted by Crippen LogP contribution is -2.61. The molecule has 2 aromatic rings. The van der Waals surface area contributed by atoms with Crippen LogP contribution in [-0.4, -0.2) is 69.2 Å². The zero-order valence-electron chi connectivity index (χ0n) is 26.5. The Labute approximate surface area is 263 Å². The Hall–Kier alpha value is -3.90. The average molecular weight is 629 g/mol. The van der Waals surface area contributed by atoms with Gasteiger partial charge in [-0.3, -0.25) is 10.1 Å². The maximum absolute atomic E-state index is 13.2. The number of aliphatic hydroxyl groups is 2. The van der Waals surface area contributed by atoms with E-state index in [0.29, 0.717) is 66.7 Å². The Morgan fingerprint density at radius 3 is 2.36 bits per heavy atom. The molecule has 4 N–H and O–H groups in total. The Balaban J connectivity index is 1.26. The summed E-state index contributed by atoms with van der Waals surface area (Å²) in [5.41, 5.74) is 0.0314. The topological polar surface area (TPSA) is 154 Å². The smallest absolute Gasteiger partial charge is 0.411 e. The number of hydrogen-bond donors (Lipinski definition) is 4. The van der Waals surface area contributed by atoms with Crippen LogP contribution >= 0.6 is 0 Å². The highest BCUT2D eigenvalue weighted by Gasteiger charge is 2.60. The van der Waals surface area contributed by atoms with Crippen molar-refractivity contribution in [3.8, 4) is 28.7 Å². The molecule has 246 valence electrons. The summed E-state index contributed by atoms with van der Waals surface area (Å²) >= 11 is 0. The quantitative estimate of drug-likeness (QED) is 0.300. The summed E-state index contributed by atoms with van der Waals surface area (Å²) < 4.78 is 32.9. The normalized spacial score (nSPS) is 28.4. The maximum Gasteiger partial charge on any atom is 0.411 e. The lowest BCUT2D eigenvalue weighted by Gasteiger charge is -2.60. The predicted octanol–water partition coefficient (Wildman–Crippen LogP) is 4.25. The van der Waals surface area contributed by atoms with Crippen LogP contribution in [0.3, 0.4) is 0 Å². The molecular formula is C33H44N2O10. The number of carbonyl (C=O) groups is 2. The van der Waals surface area contributed by atoms with E-state index in [1.54, 1.807) is 12.1 Å². The summed E-state index contributed by atoms with van der Waals surface area (Å²) in [4.78, 5) is 26.4. The monoisotopic (exact) mass is 628 g/mol. The van der Waals surface area contributed by atoms with Crippen molar-refractivity contribution in [2.75, 3.05) is 40.0 Å². The first-order valence-corrected chi connectivity index (χ1v) is 15.3. The zero-order chi connectivity index (χ0) is 32.4. The van der Waals surface area contributed by atoms with Crippen molar-refractivity contribution in [2.45, 2.75) is 64.7 Å². The van der Waals surface area contributed by atoms with Crippen LogP contribution < -0.4 is 34.3 Å². The van der Waals surface area contributed by atoms with Crippen LogP contribution in [0.1, 0.15) is 51.5 Å². The van der Waals surface area contributed by atoms with Gasteiger partial charge < -0.3 is 44.0 Å². The molecule has 0 spiro atoms. The molecule has 2 fully saturated rings. The Kier molecular flexibility index (Phi) is 9.54. The van der Waals surface area contributed by atoms with Gasteiger partial charge in [-0.2, -0.15) is 0 Å². The van der Waals surface area contributed by atoms with Crippen LogP contribution in [0.5, 0.6) is 28.7 Å². The van der Waals surface area contributed by atoms with Gasteiger partial charge in [0.1, 0.15) is 6.10 Å². The Morgan fingerprint density at radius 1 is 0.978 bits per heavy atom. The molecule has 2 amide bonds. The molecule has 5 rings (SSSR count). The Bertz CT molecular complexity index is 1380. The van der Waals surface area contributed by atoms with E-state index in [1.165, 1.54) is 21.3 Å². The Morgan fingerprint density at radius 2 is 1.69 bits per heavy atom. The SMILES string of the molecule is COc1cc(NC(=O)OC2CCC3(C)C(CC(=O)NCc4ccc5c(c4)OCO5)C(O)CCC3C2(C)CO)cc(OC)c1OC. The lowest BCUT2D eigenvalue weighted by molar-refractivity contribution is -0.185. The van der Waals surface area contributed by atoms with Gasteiger partial charge in [-0.15, -0.1) is 0 Å². The second-order valence-corrected chi connectivity index (χ2v) is 12.6. The van der Waals surface area contributed by atoms with Gasteiger partial charge >= 0.3 is 6.09 Å². The molecule has 1 heterocycles. The third kappa shape index (κ3) is 6.30. The van der Waals surface area contributed by atoms with Crippen molar-refractivity contribution in [1.82, 2.24) is 5.32 Å². The highest BCUT2D eigenvalue weighted by Crippen LogP contribution is 2.61. The maximum atomic E-state index is 13.2. The molecule has 0 saturated heterocycles. The molecule has 6 atom stereocenters. The third-order valence-corrected chi connectivity index (χ3v) is 10.2. The number of rotatable bonds is 10. The van der Waals surface area contributed by atoms with Crippen LogP contribution in [0.4, 0.5) is 10.5 Å². The lowest BCUT2D eigenvalue weighted by atomic mass is 9.46. The minimum Gasteiger partial charge on any atom is -0.493 e. The number of nitrogens with one attached hydrogen (secondary N) is 2. The number of benzene rings is 2. The number of hydrogen-bond acceptors (Lipinski definition) is 10. The van der Waals surface area contributed by atoms with Crippen LogP contribution in [0.25, 0.3) is 0 Å². The summed E-state index contributed by atoms with van der Waals surface area (Å²) in [5.74, 6) is 1.91. The molecule has 1 aliphatic heterocycles. The van der Waals surface area contributed by atoms with E-state index >= 15 is 0 Å². The van der Waals surface area contributed by atoms with E-state index in [9.17, 15) is 19.8 Å². The van der Waals surface area contributed by atoms with Crippen molar-refractivity contribution in [3.63, 3.8) is 0 Å². The summed E-state index contributed by atoms with van der Waals surface area (Å²) in [7, 11) is 4.47. The largest absolute Gasteiger partial charge is 0.493 e. The number of methoxy groups -OCH3 is 3. The van der Waals surface area contributed by atoms with Gasteiger partial charge in [0.25, 0.3) is 0 Å². The second-order valence-electron chi connectivity index (χ2n) is 12.6.